The Bertz CT molecular complexity index is 571. The first-order valence-corrected chi connectivity index (χ1v) is 7.11. The van der Waals surface area contributed by atoms with Gasteiger partial charge in [0.2, 0.25) is 0 Å². The molecule has 7 heteroatoms. The van der Waals surface area contributed by atoms with Gasteiger partial charge in [0.05, 0.1) is 0 Å². The normalized spacial score (nSPS) is 11.6. The van der Waals surface area contributed by atoms with Gasteiger partial charge in [-0.05, 0) is 53.7 Å². The molecule has 1 aromatic heterocycles. The van der Waals surface area contributed by atoms with Gasteiger partial charge in [-0.1, -0.05) is 6.07 Å². The van der Waals surface area contributed by atoms with Crippen LogP contribution in [-0.4, -0.2) is 34.7 Å². The van der Waals surface area contributed by atoms with Crippen molar-refractivity contribution < 1.29 is 23.9 Å². The molecule has 0 saturated carbocycles. The number of anilines is 1. The molecule has 2 amide bonds. The second-order valence-electron chi connectivity index (χ2n) is 6.83. The average Bonchev–Trinajstić information content (AvgIpc) is 2.34. The van der Waals surface area contributed by atoms with E-state index >= 15 is 0 Å². The molecule has 23 heavy (non-hydrogen) atoms. The number of amides is 2. The third-order valence-electron chi connectivity index (χ3n) is 2.26. The number of carbonyl (C=O) groups excluding carboxylic acids is 3. The molecule has 1 heterocycles. The molecule has 1 rings (SSSR count). The van der Waals surface area contributed by atoms with Gasteiger partial charge in [-0.15, -0.1) is 0 Å². The van der Waals surface area contributed by atoms with Crippen molar-refractivity contribution in [3.05, 3.63) is 23.9 Å². The number of aromatic nitrogens is 1. The van der Waals surface area contributed by atoms with E-state index < -0.39 is 23.4 Å². The van der Waals surface area contributed by atoms with Gasteiger partial charge in [0.15, 0.2) is 6.29 Å². The molecule has 1 aromatic rings. The van der Waals surface area contributed by atoms with Crippen molar-refractivity contribution in [1.82, 2.24) is 4.98 Å². The third-order valence-corrected chi connectivity index (χ3v) is 2.26. The van der Waals surface area contributed by atoms with Crippen molar-refractivity contribution in [1.29, 1.82) is 0 Å². The van der Waals surface area contributed by atoms with E-state index in [4.69, 9.17) is 9.47 Å². The summed E-state index contributed by atoms with van der Waals surface area (Å²) < 4.78 is 10.4. The lowest BCUT2D eigenvalue weighted by atomic mass is 10.2. The minimum Gasteiger partial charge on any atom is -0.443 e. The summed E-state index contributed by atoms with van der Waals surface area (Å²) in [6, 6.07) is 4.38. The van der Waals surface area contributed by atoms with Crippen LogP contribution in [0.3, 0.4) is 0 Å². The first-order valence-electron chi connectivity index (χ1n) is 7.11. The van der Waals surface area contributed by atoms with Crippen molar-refractivity contribution in [2.45, 2.75) is 52.7 Å². The predicted octanol–water partition coefficient (Wildman–Crippen LogP) is 3.57. The Morgan fingerprint density at radius 3 is 1.87 bits per heavy atom. The molecule has 0 aliphatic carbocycles. The summed E-state index contributed by atoms with van der Waals surface area (Å²) in [5.74, 6) is -0.0434. The molecule has 0 bridgehead atoms. The molecule has 0 unspecified atom stereocenters. The minimum absolute atomic E-state index is 0.0434. The highest BCUT2D eigenvalue weighted by Gasteiger charge is 2.33. The van der Waals surface area contributed by atoms with Gasteiger partial charge in [0, 0.05) is 0 Å². The SMILES string of the molecule is CC(C)(C)OC(=O)N(C(=O)OC(C)(C)C)c1cccc(C=O)n1. The molecule has 0 fully saturated rings. The standard InChI is InChI=1S/C16H22N2O5/c1-15(2,3)22-13(20)18(14(21)23-16(4,5)6)12-9-7-8-11(10-19)17-12/h7-10H,1-6H3. The maximum atomic E-state index is 12.4. The zero-order chi connectivity index (χ0) is 17.8. The zero-order valence-electron chi connectivity index (χ0n) is 14.2. The van der Waals surface area contributed by atoms with Crippen molar-refractivity contribution >= 4 is 24.3 Å². The summed E-state index contributed by atoms with van der Waals surface area (Å²) in [6.07, 6.45) is -1.34. The molecule has 0 radical (unpaired) electrons. The van der Waals surface area contributed by atoms with Gasteiger partial charge in [-0.2, -0.15) is 4.90 Å². The summed E-state index contributed by atoms with van der Waals surface area (Å²) in [4.78, 5) is 40.2. The van der Waals surface area contributed by atoms with Crippen LogP contribution in [0.5, 0.6) is 0 Å². The lowest BCUT2D eigenvalue weighted by molar-refractivity contribution is 0.0428. The van der Waals surface area contributed by atoms with Crippen LogP contribution in [-0.2, 0) is 9.47 Å². The highest BCUT2D eigenvalue weighted by molar-refractivity contribution is 6.08. The number of pyridine rings is 1. The molecule has 0 spiro atoms. The number of carbonyl (C=O) groups is 3. The Morgan fingerprint density at radius 1 is 1.00 bits per heavy atom. The van der Waals surface area contributed by atoms with Crippen LogP contribution in [0, 0.1) is 0 Å². The van der Waals surface area contributed by atoms with Gasteiger partial charge < -0.3 is 9.47 Å². The molecular formula is C16H22N2O5. The first kappa shape index (κ1) is 18.6. The van der Waals surface area contributed by atoms with E-state index in [9.17, 15) is 14.4 Å². The molecule has 0 aromatic carbocycles. The highest BCUT2D eigenvalue weighted by Crippen LogP contribution is 2.20. The summed E-state index contributed by atoms with van der Waals surface area (Å²) in [7, 11) is 0. The van der Waals surface area contributed by atoms with E-state index in [1.807, 2.05) is 0 Å². The van der Waals surface area contributed by atoms with Crippen LogP contribution in [0.15, 0.2) is 18.2 Å². The van der Waals surface area contributed by atoms with Gasteiger partial charge >= 0.3 is 12.2 Å². The van der Waals surface area contributed by atoms with Gasteiger partial charge in [0.1, 0.15) is 22.7 Å². The Labute approximate surface area is 135 Å². The lowest BCUT2D eigenvalue weighted by Crippen LogP contribution is -2.44. The van der Waals surface area contributed by atoms with Crippen LogP contribution in [0.25, 0.3) is 0 Å². The lowest BCUT2D eigenvalue weighted by Gasteiger charge is -2.28. The quantitative estimate of drug-likeness (QED) is 0.774. The summed E-state index contributed by atoms with van der Waals surface area (Å²) >= 11 is 0. The molecule has 126 valence electrons. The van der Waals surface area contributed by atoms with Crippen LogP contribution in [0.2, 0.25) is 0 Å². The molecule has 0 aliphatic rings. The maximum absolute atomic E-state index is 12.4. The number of nitrogens with zero attached hydrogens (tertiary/aromatic N) is 2. The fourth-order valence-electron chi connectivity index (χ4n) is 1.51. The van der Waals surface area contributed by atoms with Crippen molar-refractivity contribution in [2.24, 2.45) is 0 Å². The molecule has 0 aliphatic heterocycles. The van der Waals surface area contributed by atoms with Crippen molar-refractivity contribution in [3.8, 4) is 0 Å². The van der Waals surface area contributed by atoms with Crippen LogP contribution >= 0.6 is 0 Å². The number of imide groups is 1. The molecule has 7 nitrogen and oxygen atoms in total. The number of hydrogen-bond acceptors (Lipinski definition) is 6. The Hall–Kier alpha value is -2.44. The Morgan fingerprint density at radius 2 is 1.48 bits per heavy atom. The molecule has 0 atom stereocenters. The zero-order valence-corrected chi connectivity index (χ0v) is 14.2. The Balaban J connectivity index is 3.22. The van der Waals surface area contributed by atoms with Crippen molar-refractivity contribution in [3.63, 3.8) is 0 Å². The summed E-state index contributed by atoms with van der Waals surface area (Å²) in [5, 5.41) is 0. The molecule has 0 N–H and O–H groups in total. The van der Waals surface area contributed by atoms with Crippen LogP contribution in [0.1, 0.15) is 52.0 Å². The number of hydrogen-bond donors (Lipinski definition) is 0. The second-order valence-corrected chi connectivity index (χ2v) is 6.83. The monoisotopic (exact) mass is 322 g/mol. The van der Waals surface area contributed by atoms with Crippen LogP contribution in [0.4, 0.5) is 15.4 Å². The first-order chi connectivity index (χ1) is 10.4. The highest BCUT2D eigenvalue weighted by atomic mass is 16.6. The average molecular weight is 322 g/mol. The third kappa shape index (κ3) is 6.06. The van der Waals surface area contributed by atoms with E-state index in [0.717, 1.165) is 0 Å². The number of rotatable bonds is 2. The van der Waals surface area contributed by atoms with Gasteiger partial charge in [-0.25, -0.2) is 14.6 Å². The predicted molar refractivity (Wildman–Crippen MR) is 84.6 cm³/mol. The second kappa shape index (κ2) is 6.76. The Kier molecular flexibility index (Phi) is 5.47. The number of ether oxygens (including phenoxy) is 2. The molecule has 0 saturated heterocycles. The van der Waals surface area contributed by atoms with Gasteiger partial charge in [-0.3, -0.25) is 4.79 Å². The van der Waals surface area contributed by atoms with E-state index in [1.165, 1.54) is 18.2 Å². The minimum atomic E-state index is -0.928. The number of aldehydes is 1. The van der Waals surface area contributed by atoms with E-state index in [0.29, 0.717) is 11.2 Å². The topological polar surface area (TPSA) is 85.8 Å². The fourth-order valence-corrected chi connectivity index (χ4v) is 1.51. The summed E-state index contributed by atoms with van der Waals surface area (Å²) in [6.45, 7) is 10.0. The largest absolute Gasteiger partial charge is 0.443 e. The van der Waals surface area contributed by atoms with E-state index in [1.54, 1.807) is 41.5 Å². The van der Waals surface area contributed by atoms with E-state index in [2.05, 4.69) is 4.98 Å². The summed E-state index contributed by atoms with van der Waals surface area (Å²) in [5.41, 5.74) is -1.53. The van der Waals surface area contributed by atoms with Gasteiger partial charge in [0.25, 0.3) is 0 Å². The maximum Gasteiger partial charge on any atom is 0.425 e. The van der Waals surface area contributed by atoms with Crippen LogP contribution < -0.4 is 4.90 Å². The molecular weight excluding hydrogens is 300 g/mol. The smallest absolute Gasteiger partial charge is 0.425 e. The fraction of sp³-hybridized carbons (Fsp3) is 0.500. The van der Waals surface area contributed by atoms with Crippen molar-refractivity contribution in [2.75, 3.05) is 4.90 Å². The van der Waals surface area contributed by atoms with E-state index in [-0.39, 0.29) is 11.5 Å².